The summed E-state index contributed by atoms with van der Waals surface area (Å²) in [6.45, 7) is 0. The Morgan fingerprint density at radius 2 is 1.90 bits per heavy atom. The van der Waals surface area contributed by atoms with Gasteiger partial charge in [-0.3, -0.25) is 0 Å². The van der Waals surface area contributed by atoms with Crippen molar-refractivity contribution in [2.75, 3.05) is 5.32 Å². The monoisotopic (exact) mass is 281 g/mol. The van der Waals surface area contributed by atoms with Gasteiger partial charge >= 0.3 is 6.18 Å². The number of anilines is 2. The zero-order chi connectivity index (χ0) is 14.8. The van der Waals surface area contributed by atoms with Crippen molar-refractivity contribution >= 4 is 11.4 Å². The first-order valence-corrected chi connectivity index (χ1v) is 5.40. The van der Waals surface area contributed by atoms with Crippen molar-refractivity contribution in [3.8, 4) is 6.07 Å². The fourth-order valence-electron chi connectivity index (χ4n) is 1.53. The van der Waals surface area contributed by atoms with Gasteiger partial charge in [-0.1, -0.05) is 6.07 Å². The molecule has 0 atom stereocenters. The van der Waals surface area contributed by atoms with Crippen LogP contribution in [0.5, 0.6) is 0 Å². The molecule has 0 unspecified atom stereocenters. The molecule has 1 heterocycles. The lowest BCUT2D eigenvalue weighted by atomic mass is 10.2. The second-order valence-corrected chi connectivity index (χ2v) is 3.83. The SMILES string of the molecule is N#Cc1c(F)cccc1Nc1ccc(C(F)(F)F)nc1. The zero-order valence-electron chi connectivity index (χ0n) is 9.87. The number of benzene rings is 1. The average molecular weight is 281 g/mol. The molecule has 0 bridgehead atoms. The van der Waals surface area contributed by atoms with E-state index < -0.39 is 17.7 Å². The van der Waals surface area contributed by atoms with Gasteiger partial charge in [0.05, 0.1) is 17.6 Å². The molecule has 3 nitrogen and oxygen atoms in total. The summed E-state index contributed by atoms with van der Waals surface area (Å²) in [5, 5.41) is 11.5. The molecule has 0 spiro atoms. The molecule has 0 aliphatic rings. The molecule has 0 aliphatic heterocycles. The molecule has 0 amide bonds. The van der Waals surface area contributed by atoms with Gasteiger partial charge in [-0.05, 0) is 24.3 Å². The maximum Gasteiger partial charge on any atom is 0.433 e. The molecular formula is C13H7F4N3. The van der Waals surface area contributed by atoms with Crippen LogP contribution in [-0.4, -0.2) is 4.98 Å². The summed E-state index contributed by atoms with van der Waals surface area (Å²) in [6.07, 6.45) is -3.55. The van der Waals surface area contributed by atoms with E-state index in [9.17, 15) is 17.6 Å². The summed E-state index contributed by atoms with van der Waals surface area (Å²) >= 11 is 0. The number of alkyl halides is 3. The van der Waals surface area contributed by atoms with Gasteiger partial charge in [0.2, 0.25) is 0 Å². The normalized spacial score (nSPS) is 10.9. The van der Waals surface area contributed by atoms with Crippen molar-refractivity contribution in [3.63, 3.8) is 0 Å². The van der Waals surface area contributed by atoms with Crippen molar-refractivity contribution in [1.82, 2.24) is 4.98 Å². The molecule has 0 fully saturated rings. The lowest BCUT2D eigenvalue weighted by Gasteiger charge is -2.10. The Hall–Kier alpha value is -2.62. The number of nitriles is 1. The maximum atomic E-state index is 13.3. The molecular weight excluding hydrogens is 274 g/mol. The number of hydrogen-bond acceptors (Lipinski definition) is 3. The molecule has 0 saturated heterocycles. The molecule has 0 saturated carbocycles. The third-order valence-corrected chi connectivity index (χ3v) is 2.46. The van der Waals surface area contributed by atoms with Gasteiger partial charge in [0.25, 0.3) is 0 Å². The first kappa shape index (κ1) is 13.8. The minimum absolute atomic E-state index is 0.161. The smallest absolute Gasteiger partial charge is 0.353 e. The van der Waals surface area contributed by atoms with Crippen molar-refractivity contribution in [2.45, 2.75) is 6.18 Å². The summed E-state index contributed by atoms with van der Waals surface area (Å²) in [4.78, 5) is 3.26. The molecule has 1 aromatic heterocycles. The lowest BCUT2D eigenvalue weighted by Crippen LogP contribution is -2.07. The maximum absolute atomic E-state index is 13.3. The van der Waals surface area contributed by atoms with E-state index in [1.54, 1.807) is 6.07 Å². The first-order valence-electron chi connectivity index (χ1n) is 5.40. The quantitative estimate of drug-likeness (QED) is 0.850. The van der Waals surface area contributed by atoms with Gasteiger partial charge in [0, 0.05) is 0 Å². The minimum atomic E-state index is -4.52. The molecule has 2 rings (SSSR count). The molecule has 0 radical (unpaired) electrons. The molecule has 7 heteroatoms. The van der Waals surface area contributed by atoms with E-state index in [1.807, 2.05) is 0 Å². The van der Waals surface area contributed by atoms with Gasteiger partial charge in [-0.15, -0.1) is 0 Å². The highest BCUT2D eigenvalue weighted by atomic mass is 19.4. The number of rotatable bonds is 2. The van der Waals surface area contributed by atoms with Crippen LogP contribution in [0.4, 0.5) is 28.9 Å². The van der Waals surface area contributed by atoms with E-state index >= 15 is 0 Å². The number of nitrogens with one attached hydrogen (secondary N) is 1. The number of halogens is 4. The van der Waals surface area contributed by atoms with Crippen molar-refractivity contribution in [2.24, 2.45) is 0 Å². The third-order valence-electron chi connectivity index (χ3n) is 2.46. The number of hydrogen-bond donors (Lipinski definition) is 1. The highest BCUT2D eigenvalue weighted by Gasteiger charge is 2.32. The summed E-state index contributed by atoms with van der Waals surface area (Å²) in [5.41, 5.74) is -0.857. The predicted octanol–water partition coefficient (Wildman–Crippen LogP) is 3.85. The van der Waals surface area contributed by atoms with Crippen LogP contribution in [0.3, 0.4) is 0 Å². The van der Waals surface area contributed by atoms with Gasteiger partial charge in [0.15, 0.2) is 0 Å². The summed E-state index contributed by atoms with van der Waals surface area (Å²) in [6, 6.07) is 7.58. The largest absolute Gasteiger partial charge is 0.433 e. The van der Waals surface area contributed by atoms with Crippen LogP contribution in [0.1, 0.15) is 11.3 Å². The van der Waals surface area contributed by atoms with Crippen LogP contribution in [0.25, 0.3) is 0 Å². The number of nitrogens with zero attached hydrogens (tertiary/aromatic N) is 2. The number of aromatic nitrogens is 1. The van der Waals surface area contributed by atoms with Crippen LogP contribution in [-0.2, 0) is 6.18 Å². The second kappa shape index (κ2) is 5.17. The Bertz CT molecular complexity index is 657. The summed E-state index contributed by atoms with van der Waals surface area (Å²) in [5.74, 6) is -0.711. The van der Waals surface area contributed by atoms with Crippen LogP contribution < -0.4 is 5.32 Å². The predicted molar refractivity (Wildman–Crippen MR) is 63.6 cm³/mol. The Balaban J connectivity index is 2.28. The Kier molecular flexibility index (Phi) is 3.57. The first-order chi connectivity index (χ1) is 9.41. The van der Waals surface area contributed by atoms with E-state index in [0.717, 1.165) is 24.4 Å². The summed E-state index contributed by atoms with van der Waals surface area (Å²) < 4.78 is 50.4. The Labute approximate surface area is 111 Å². The third kappa shape index (κ3) is 2.85. The highest BCUT2D eigenvalue weighted by Crippen LogP contribution is 2.29. The molecule has 1 N–H and O–H groups in total. The van der Waals surface area contributed by atoms with Crippen molar-refractivity contribution in [3.05, 3.63) is 53.6 Å². The zero-order valence-corrected chi connectivity index (χ0v) is 9.87. The van der Waals surface area contributed by atoms with Gasteiger partial charge in [0.1, 0.15) is 23.1 Å². The second-order valence-electron chi connectivity index (χ2n) is 3.83. The molecule has 2 aromatic rings. The topological polar surface area (TPSA) is 48.7 Å². The molecule has 102 valence electrons. The number of pyridine rings is 1. The van der Waals surface area contributed by atoms with Gasteiger partial charge in [-0.2, -0.15) is 18.4 Å². The van der Waals surface area contributed by atoms with Crippen LogP contribution in [0.2, 0.25) is 0 Å². The minimum Gasteiger partial charge on any atom is -0.353 e. The van der Waals surface area contributed by atoms with Crippen LogP contribution >= 0.6 is 0 Å². The van der Waals surface area contributed by atoms with E-state index in [4.69, 9.17) is 5.26 Å². The van der Waals surface area contributed by atoms with Crippen LogP contribution in [0, 0.1) is 17.1 Å². The van der Waals surface area contributed by atoms with E-state index in [0.29, 0.717) is 0 Å². The van der Waals surface area contributed by atoms with E-state index in [-0.39, 0.29) is 16.9 Å². The van der Waals surface area contributed by atoms with Crippen molar-refractivity contribution in [1.29, 1.82) is 5.26 Å². The molecule has 1 aromatic carbocycles. The summed E-state index contributed by atoms with van der Waals surface area (Å²) in [7, 11) is 0. The average Bonchev–Trinajstić information content (AvgIpc) is 2.38. The lowest BCUT2D eigenvalue weighted by molar-refractivity contribution is -0.141. The molecule has 20 heavy (non-hydrogen) atoms. The molecule has 0 aliphatic carbocycles. The fourth-order valence-corrected chi connectivity index (χ4v) is 1.53. The Morgan fingerprint density at radius 1 is 1.15 bits per heavy atom. The van der Waals surface area contributed by atoms with Crippen molar-refractivity contribution < 1.29 is 17.6 Å². The van der Waals surface area contributed by atoms with Crippen LogP contribution in [0.15, 0.2) is 36.5 Å². The van der Waals surface area contributed by atoms with E-state index in [1.165, 1.54) is 12.1 Å². The Morgan fingerprint density at radius 3 is 2.45 bits per heavy atom. The van der Waals surface area contributed by atoms with E-state index in [2.05, 4.69) is 10.3 Å². The fraction of sp³-hybridized carbons (Fsp3) is 0.0769. The van der Waals surface area contributed by atoms with Gasteiger partial charge in [-0.25, -0.2) is 9.37 Å². The van der Waals surface area contributed by atoms with Gasteiger partial charge < -0.3 is 5.32 Å². The standard InChI is InChI=1S/C13H7F4N3/c14-10-2-1-3-11(9(10)6-18)20-8-4-5-12(19-7-8)13(15,16)17/h1-5,7,20H. The highest BCUT2D eigenvalue weighted by molar-refractivity contribution is 5.66.